The Morgan fingerprint density at radius 1 is 1.53 bits per heavy atom. The van der Waals surface area contributed by atoms with Crippen LogP contribution in [0, 0.1) is 11.8 Å². The molecule has 98 valence electrons. The van der Waals surface area contributed by atoms with Crippen LogP contribution < -0.4 is 0 Å². The topological polar surface area (TPSA) is 46.5 Å². The van der Waals surface area contributed by atoms with Crippen molar-refractivity contribution in [3.63, 3.8) is 0 Å². The monoisotopic (exact) mass is 240 g/mol. The first-order valence-electron chi connectivity index (χ1n) is 6.42. The summed E-state index contributed by atoms with van der Waals surface area (Å²) in [6.45, 7) is 10.1. The average Bonchev–Trinajstić information content (AvgIpc) is 2.22. The molecule has 1 saturated carbocycles. The Kier molecular flexibility index (Phi) is 4.75. The molecular formula is C14H24O3. The van der Waals surface area contributed by atoms with E-state index in [1.54, 1.807) is 6.92 Å². The number of esters is 1. The summed E-state index contributed by atoms with van der Waals surface area (Å²) in [4.78, 5) is 11.5. The Morgan fingerprint density at radius 3 is 2.71 bits per heavy atom. The van der Waals surface area contributed by atoms with Crippen LogP contribution in [0.3, 0.4) is 0 Å². The summed E-state index contributed by atoms with van der Waals surface area (Å²) < 4.78 is 4.93. The van der Waals surface area contributed by atoms with Crippen molar-refractivity contribution in [1.82, 2.24) is 0 Å². The van der Waals surface area contributed by atoms with Gasteiger partial charge >= 0.3 is 5.97 Å². The number of rotatable bonds is 4. The van der Waals surface area contributed by atoms with Gasteiger partial charge < -0.3 is 9.84 Å². The van der Waals surface area contributed by atoms with Crippen molar-refractivity contribution in [3.05, 3.63) is 12.2 Å². The zero-order valence-corrected chi connectivity index (χ0v) is 11.2. The first-order valence-corrected chi connectivity index (χ1v) is 6.42. The van der Waals surface area contributed by atoms with Gasteiger partial charge in [0.25, 0.3) is 0 Å². The maximum absolute atomic E-state index is 11.5. The fourth-order valence-electron chi connectivity index (χ4n) is 2.58. The second-order valence-corrected chi connectivity index (χ2v) is 5.31. The van der Waals surface area contributed by atoms with Gasteiger partial charge in [-0.05, 0) is 44.9 Å². The van der Waals surface area contributed by atoms with Crippen LogP contribution in [-0.2, 0) is 9.53 Å². The molecule has 0 aliphatic heterocycles. The average molecular weight is 240 g/mol. The molecule has 0 amide bonds. The van der Waals surface area contributed by atoms with Crippen LogP contribution in [0.5, 0.6) is 0 Å². The summed E-state index contributed by atoms with van der Waals surface area (Å²) in [5.41, 5.74) is 0.174. The highest BCUT2D eigenvalue weighted by Crippen LogP contribution is 2.41. The second kappa shape index (κ2) is 5.67. The van der Waals surface area contributed by atoms with Crippen molar-refractivity contribution >= 4 is 5.97 Å². The highest BCUT2D eigenvalue weighted by atomic mass is 16.5. The number of allylic oxidation sites excluding steroid dienone is 1. The lowest BCUT2D eigenvalue weighted by molar-refractivity contribution is -0.153. The molecule has 0 heterocycles. The molecule has 1 aliphatic carbocycles. The lowest BCUT2D eigenvalue weighted by Gasteiger charge is -2.41. The van der Waals surface area contributed by atoms with E-state index in [-0.39, 0.29) is 18.3 Å². The molecule has 3 atom stereocenters. The van der Waals surface area contributed by atoms with Gasteiger partial charge in [0.15, 0.2) is 0 Å². The van der Waals surface area contributed by atoms with Gasteiger partial charge in [-0.15, -0.1) is 0 Å². The van der Waals surface area contributed by atoms with E-state index in [2.05, 4.69) is 6.58 Å². The summed E-state index contributed by atoms with van der Waals surface area (Å²) in [6.07, 6.45) is 2.73. The minimum absolute atomic E-state index is 0.103. The molecule has 1 fully saturated rings. The van der Waals surface area contributed by atoms with E-state index in [9.17, 15) is 9.90 Å². The van der Waals surface area contributed by atoms with E-state index < -0.39 is 5.60 Å². The minimum atomic E-state index is -0.922. The van der Waals surface area contributed by atoms with Crippen LogP contribution in [0.25, 0.3) is 0 Å². The lowest BCUT2D eigenvalue weighted by Crippen LogP contribution is -2.44. The first-order chi connectivity index (χ1) is 7.89. The third kappa shape index (κ3) is 3.56. The third-order valence-corrected chi connectivity index (χ3v) is 3.92. The van der Waals surface area contributed by atoms with Crippen molar-refractivity contribution in [2.45, 2.75) is 52.1 Å². The summed E-state index contributed by atoms with van der Waals surface area (Å²) >= 11 is 0. The van der Waals surface area contributed by atoms with Crippen molar-refractivity contribution in [2.75, 3.05) is 6.61 Å². The zero-order chi connectivity index (χ0) is 13.1. The third-order valence-electron chi connectivity index (χ3n) is 3.92. The molecule has 0 spiro atoms. The van der Waals surface area contributed by atoms with E-state index in [1.165, 1.54) is 0 Å². The molecule has 0 saturated heterocycles. The Morgan fingerprint density at radius 2 is 2.18 bits per heavy atom. The fourth-order valence-corrected chi connectivity index (χ4v) is 2.58. The maximum atomic E-state index is 11.5. The van der Waals surface area contributed by atoms with E-state index in [0.29, 0.717) is 18.9 Å². The van der Waals surface area contributed by atoms with E-state index in [4.69, 9.17) is 4.74 Å². The molecule has 0 aromatic rings. The lowest BCUT2D eigenvalue weighted by atomic mass is 9.68. The fraction of sp³-hybridized carbons (Fsp3) is 0.786. The van der Waals surface area contributed by atoms with Crippen LogP contribution in [0.4, 0.5) is 0 Å². The molecule has 1 aliphatic rings. The van der Waals surface area contributed by atoms with E-state index >= 15 is 0 Å². The van der Waals surface area contributed by atoms with Crippen LogP contribution in [-0.4, -0.2) is 23.3 Å². The van der Waals surface area contributed by atoms with Gasteiger partial charge in [0.1, 0.15) is 0 Å². The van der Waals surface area contributed by atoms with Gasteiger partial charge in [-0.3, -0.25) is 4.79 Å². The standard InChI is InChI=1S/C14H24O3/c1-5-17-13(15)9-14(16)8-12(10(2)3)7-6-11(14)4/h11-12,16H,2,5-9H2,1,3-4H3/t11-,12+,14-/m1/s1. The second-order valence-electron chi connectivity index (χ2n) is 5.31. The quantitative estimate of drug-likeness (QED) is 0.607. The van der Waals surface area contributed by atoms with E-state index in [0.717, 1.165) is 18.4 Å². The zero-order valence-electron chi connectivity index (χ0n) is 11.2. The summed E-state index contributed by atoms with van der Waals surface area (Å²) in [7, 11) is 0. The Balaban J connectivity index is 2.69. The largest absolute Gasteiger partial charge is 0.466 e. The van der Waals surface area contributed by atoms with Crippen molar-refractivity contribution in [2.24, 2.45) is 11.8 Å². The molecule has 0 unspecified atom stereocenters. The van der Waals surface area contributed by atoms with Crippen LogP contribution in [0.2, 0.25) is 0 Å². The summed E-state index contributed by atoms with van der Waals surface area (Å²) in [5.74, 6) is 0.164. The predicted molar refractivity (Wildman–Crippen MR) is 67.5 cm³/mol. The first kappa shape index (κ1) is 14.2. The highest BCUT2D eigenvalue weighted by molar-refractivity contribution is 5.70. The van der Waals surface area contributed by atoms with Gasteiger partial charge in [-0.2, -0.15) is 0 Å². The van der Waals surface area contributed by atoms with Gasteiger partial charge in [-0.1, -0.05) is 19.1 Å². The highest BCUT2D eigenvalue weighted by Gasteiger charge is 2.42. The molecule has 0 radical (unpaired) electrons. The smallest absolute Gasteiger partial charge is 0.308 e. The summed E-state index contributed by atoms with van der Waals surface area (Å²) in [5, 5.41) is 10.6. The maximum Gasteiger partial charge on any atom is 0.308 e. The molecule has 0 bridgehead atoms. The van der Waals surface area contributed by atoms with Crippen molar-refractivity contribution < 1.29 is 14.6 Å². The number of aliphatic hydroxyl groups is 1. The molecule has 17 heavy (non-hydrogen) atoms. The Labute approximate surface area is 104 Å². The van der Waals surface area contributed by atoms with Crippen LogP contribution >= 0.6 is 0 Å². The van der Waals surface area contributed by atoms with Crippen LogP contribution in [0.15, 0.2) is 12.2 Å². The summed E-state index contributed by atoms with van der Waals surface area (Å²) in [6, 6.07) is 0. The van der Waals surface area contributed by atoms with Crippen molar-refractivity contribution in [1.29, 1.82) is 0 Å². The van der Waals surface area contributed by atoms with Crippen molar-refractivity contribution in [3.8, 4) is 0 Å². The number of hydrogen-bond acceptors (Lipinski definition) is 3. The number of carbonyl (C=O) groups excluding carboxylic acids is 1. The van der Waals surface area contributed by atoms with Gasteiger partial charge in [0.05, 0.1) is 18.6 Å². The number of hydrogen-bond donors (Lipinski definition) is 1. The molecule has 3 nitrogen and oxygen atoms in total. The molecule has 0 aromatic carbocycles. The Hall–Kier alpha value is -0.830. The van der Waals surface area contributed by atoms with Gasteiger partial charge in [0.2, 0.25) is 0 Å². The Bertz CT molecular complexity index is 298. The molecule has 1 N–H and O–H groups in total. The number of ether oxygens (including phenoxy) is 1. The van der Waals surface area contributed by atoms with Gasteiger partial charge in [-0.25, -0.2) is 0 Å². The molecule has 3 heteroatoms. The number of carbonyl (C=O) groups is 1. The minimum Gasteiger partial charge on any atom is -0.466 e. The van der Waals surface area contributed by atoms with Crippen LogP contribution in [0.1, 0.15) is 46.5 Å². The SMILES string of the molecule is C=C(C)[C@H]1CC[C@@H](C)[C@](O)(CC(=O)OCC)C1. The molecule has 0 aromatic heterocycles. The predicted octanol–water partition coefficient (Wildman–Crippen LogP) is 2.68. The normalized spacial score (nSPS) is 33.2. The van der Waals surface area contributed by atoms with Gasteiger partial charge in [0, 0.05) is 0 Å². The van der Waals surface area contributed by atoms with E-state index in [1.807, 2.05) is 13.8 Å². The molecular weight excluding hydrogens is 216 g/mol. The molecule has 1 rings (SSSR count).